The number of nitrogens with zero attached hydrogens (tertiary/aromatic N) is 2. The van der Waals surface area contributed by atoms with E-state index in [0.717, 1.165) is 17.6 Å². The molecule has 1 N–H and O–H groups in total. The highest BCUT2D eigenvalue weighted by molar-refractivity contribution is 7.99. The van der Waals surface area contributed by atoms with Gasteiger partial charge in [0.2, 0.25) is 0 Å². The first kappa shape index (κ1) is 15.2. The maximum atomic E-state index is 10.8. The molecule has 1 aromatic carbocycles. The van der Waals surface area contributed by atoms with E-state index in [-0.39, 0.29) is 11.2 Å². The lowest BCUT2D eigenvalue weighted by atomic mass is 9.97. The average Bonchev–Trinajstić information content (AvgIpc) is 2.64. The second kappa shape index (κ2) is 5.66. The van der Waals surface area contributed by atoms with Crippen molar-refractivity contribution in [2.24, 2.45) is 5.41 Å². The molecule has 0 aliphatic rings. The van der Waals surface area contributed by atoms with Crippen molar-refractivity contribution in [1.82, 2.24) is 9.55 Å². The summed E-state index contributed by atoms with van der Waals surface area (Å²) in [6.07, 6.45) is 0. The van der Waals surface area contributed by atoms with Gasteiger partial charge in [-0.1, -0.05) is 50.2 Å². The van der Waals surface area contributed by atoms with Crippen LogP contribution in [0.15, 0.2) is 23.4 Å². The Morgan fingerprint density at radius 1 is 1.45 bits per heavy atom. The van der Waals surface area contributed by atoms with Gasteiger partial charge in [0.25, 0.3) is 0 Å². The third-order valence-corrected chi connectivity index (χ3v) is 3.91. The minimum atomic E-state index is -0.851. The lowest BCUT2D eigenvalue weighted by Gasteiger charge is -2.21. The van der Waals surface area contributed by atoms with Crippen molar-refractivity contribution in [3.05, 3.63) is 23.2 Å². The second-order valence-corrected chi connectivity index (χ2v) is 7.18. The summed E-state index contributed by atoms with van der Waals surface area (Å²) >= 11 is 7.50. The van der Waals surface area contributed by atoms with E-state index in [1.54, 1.807) is 0 Å². The smallest absolute Gasteiger partial charge is 0.313 e. The Labute approximate surface area is 127 Å². The Morgan fingerprint density at radius 2 is 2.15 bits per heavy atom. The highest BCUT2D eigenvalue weighted by atomic mass is 35.5. The predicted molar refractivity (Wildman–Crippen MR) is 82.6 cm³/mol. The van der Waals surface area contributed by atoms with Gasteiger partial charge in [-0.15, -0.1) is 0 Å². The maximum absolute atomic E-state index is 10.8. The molecule has 4 nitrogen and oxygen atoms in total. The van der Waals surface area contributed by atoms with Crippen molar-refractivity contribution in [3.8, 4) is 0 Å². The number of carboxylic acids is 1. The van der Waals surface area contributed by atoms with E-state index in [1.807, 2.05) is 22.8 Å². The molecule has 0 saturated heterocycles. The first-order chi connectivity index (χ1) is 9.28. The Kier molecular flexibility index (Phi) is 4.30. The fourth-order valence-corrected chi connectivity index (χ4v) is 2.98. The molecule has 0 bridgehead atoms. The summed E-state index contributed by atoms with van der Waals surface area (Å²) in [6, 6.07) is 5.58. The van der Waals surface area contributed by atoms with Gasteiger partial charge in [-0.2, -0.15) is 0 Å². The zero-order valence-corrected chi connectivity index (χ0v) is 13.3. The summed E-state index contributed by atoms with van der Waals surface area (Å²) in [7, 11) is 0. The topological polar surface area (TPSA) is 55.1 Å². The highest BCUT2D eigenvalue weighted by Gasteiger charge is 2.20. The quantitative estimate of drug-likeness (QED) is 0.870. The van der Waals surface area contributed by atoms with E-state index in [1.165, 1.54) is 11.8 Å². The van der Waals surface area contributed by atoms with Gasteiger partial charge in [0.15, 0.2) is 5.16 Å². The van der Waals surface area contributed by atoms with Crippen molar-refractivity contribution in [2.75, 3.05) is 5.75 Å². The van der Waals surface area contributed by atoms with Crippen LogP contribution in [0, 0.1) is 5.41 Å². The van der Waals surface area contributed by atoms with E-state index in [9.17, 15) is 4.79 Å². The molecule has 0 radical (unpaired) electrons. The Hall–Kier alpha value is -1.20. The lowest BCUT2D eigenvalue weighted by Crippen LogP contribution is -2.16. The number of fused-ring (bicyclic) bond motifs is 1. The van der Waals surface area contributed by atoms with Crippen LogP contribution in [0.4, 0.5) is 0 Å². The fraction of sp³-hybridized carbons (Fsp3) is 0.429. The van der Waals surface area contributed by atoms with Crippen LogP contribution in [0.2, 0.25) is 5.02 Å². The van der Waals surface area contributed by atoms with Gasteiger partial charge in [-0.25, -0.2) is 4.98 Å². The Bertz CT molecular complexity index is 646. The van der Waals surface area contributed by atoms with E-state index < -0.39 is 5.97 Å². The molecule has 2 aromatic rings. The molecule has 2 rings (SSSR count). The van der Waals surface area contributed by atoms with E-state index in [2.05, 4.69) is 25.8 Å². The standard InChI is InChI=1S/C14H17ClN2O2S/c1-14(2,3)8-17-12-9(15)5-4-6-10(12)16-13(17)20-7-11(18)19/h4-6H,7-8H2,1-3H3,(H,18,19). The first-order valence-electron chi connectivity index (χ1n) is 6.27. The lowest BCUT2D eigenvalue weighted by molar-refractivity contribution is -0.133. The van der Waals surface area contributed by atoms with Gasteiger partial charge in [-0.05, 0) is 17.5 Å². The van der Waals surface area contributed by atoms with Crippen molar-refractivity contribution < 1.29 is 9.90 Å². The Morgan fingerprint density at radius 3 is 2.75 bits per heavy atom. The van der Waals surface area contributed by atoms with Crippen LogP contribution < -0.4 is 0 Å². The summed E-state index contributed by atoms with van der Waals surface area (Å²) in [5.74, 6) is -0.860. The third kappa shape index (κ3) is 3.46. The molecule has 1 heterocycles. The highest BCUT2D eigenvalue weighted by Crippen LogP contribution is 2.31. The molecule has 6 heteroatoms. The molecule has 108 valence electrons. The van der Waals surface area contributed by atoms with Gasteiger partial charge < -0.3 is 9.67 Å². The number of hydrogen-bond donors (Lipinski definition) is 1. The van der Waals surface area contributed by atoms with Crippen LogP contribution in [-0.4, -0.2) is 26.4 Å². The van der Waals surface area contributed by atoms with Gasteiger partial charge in [0.05, 0.1) is 21.8 Å². The van der Waals surface area contributed by atoms with Crippen molar-refractivity contribution >= 4 is 40.4 Å². The number of benzene rings is 1. The fourth-order valence-electron chi connectivity index (χ4n) is 1.98. The van der Waals surface area contributed by atoms with Crippen molar-refractivity contribution in [1.29, 1.82) is 0 Å². The van der Waals surface area contributed by atoms with Crippen LogP contribution in [0.1, 0.15) is 20.8 Å². The van der Waals surface area contributed by atoms with Crippen molar-refractivity contribution in [2.45, 2.75) is 32.5 Å². The molecule has 0 saturated carbocycles. The number of aromatic nitrogens is 2. The minimum Gasteiger partial charge on any atom is -0.481 e. The molecular formula is C14H17ClN2O2S. The number of para-hydroxylation sites is 1. The molecule has 0 fully saturated rings. The average molecular weight is 313 g/mol. The predicted octanol–water partition coefficient (Wildman–Crippen LogP) is 3.91. The number of carboxylic acid groups (broad SMARTS) is 1. The summed E-state index contributed by atoms with van der Waals surface area (Å²) in [5.41, 5.74) is 1.72. The normalized spacial score (nSPS) is 12.0. The molecule has 20 heavy (non-hydrogen) atoms. The summed E-state index contributed by atoms with van der Waals surface area (Å²) in [6.45, 7) is 7.11. The van der Waals surface area contributed by atoms with E-state index in [0.29, 0.717) is 10.2 Å². The summed E-state index contributed by atoms with van der Waals surface area (Å²) in [4.78, 5) is 15.3. The molecule has 0 spiro atoms. The molecule has 0 aliphatic heterocycles. The molecule has 0 aliphatic carbocycles. The van der Waals surface area contributed by atoms with Gasteiger partial charge in [0, 0.05) is 6.54 Å². The number of rotatable bonds is 4. The van der Waals surface area contributed by atoms with Gasteiger partial charge in [-0.3, -0.25) is 4.79 Å². The van der Waals surface area contributed by atoms with Gasteiger partial charge >= 0.3 is 5.97 Å². The zero-order chi connectivity index (χ0) is 14.9. The number of aliphatic carboxylic acids is 1. The summed E-state index contributed by atoms with van der Waals surface area (Å²) in [5, 5.41) is 10.2. The monoisotopic (exact) mass is 312 g/mol. The number of halogens is 1. The van der Waals surface area contributed by atoms with Gasteiger partial charge in [0.1, 0.15) is 0 Å². The molecular weight excluding hydrogens is 296 g/mol. The summed E-state index contributed by atoms with van der Waals surface area (Å²) < 4.78 is 2.02. The molecule has 1 aromatic heterocycles. The van der Waals surface area contributed by atoms with E-state index >= 15 is 0 Å². The molecule has 0 unspecified atom stereocenters. The SMILES string of the molecule is CC(C)(C)Cn1c(SCC(=O)O)nc2cccc(Cl)c21. The number of hydrogen-bond acceptors (Lipinski definition) is 3. The van der Waals surface area contributed by atoms with Crippen LogP contribution in [0.5, 0.6) is 0 Å². The van der Waals surface area contributed by atoms with E-state index in [4.69, 9.17) is 16.7 Å². The van der Waals surface area contributed by atoms with Crippen molar-refractivity contribution in [3.63, 3.8) is 0 Å². The number of imidazole rings is 1. The third-order valence-electron chi connectivity index (χ3n) is 2.64. The number of thioether (sulfide) groups is 1. The number of carbonyl (C=O) groups is 1. The maximum Gasteiger partial charge on any atom is 0.313 e. The largest absolute Gasteiger partial charge is 0.481 e. The first-order valence-corrected chi connectivity index (χ1v) is 7.63. The second-order valence-electron chi connectivity index (χ2n) is 5.83. The molecule has 0 amide bonds. The Balaban J connectivity index is 2.52. The van der Waals surface area contributed by atoms with Crippen LogP contribution in [0.25, 0.3) is 11.0 Å². The minimum absolute atomic E-state index is 0.00885. The van der Waals surface area contributed by atoms with Crippen LogP contribution in [-0.2, 0) is 11.3 Å². The molecule has 0 atom stereocenters. The van der Waals surface area contributed by atoms with Crippen LogP contribution in [0.3, 0.4) is 0 Å². The zero-order valence-electron chi connectivity index (χ0n) is 11.7. The van der Waals surface area contributed by atoms with Crippen LogP contribution >= 0.6 is 23.4 Å².